The molecule has 2 aromatic rings. The second-order valence-electron chi connectivity index (χ2n) is 5.91. The summed E-state index contributed by atoms with van der Waals surface area (Å²) in [4.78, 5) is 24.9. The van der Waals surface area contributed by atoms with E-state index >= 15 is 0 Å². The first-order valence-corrected chi connectivity index (χ1v) is 8.47. The van der Waals surface area contributed by atoms with Crippen molar-refractivity contribution in [3.63, 3.8) is 0 Å². The molecular weight excluding hydrogens is 348 g/mol. The summed E-state index contributed by atoms with van der Waals surface area (Å²) in [6.45, 7) is 3.70. The SMILES string of the molecule is C=C[C@H]1OC(OC)[C@H](OC(=O)c2ccccc2)[C@@H]1OC(=O)c1ccccc1. The van der Waals surface area contributed by atoms with E-state index in [9.17, 15) is 9.59 Å². The van der Waals surface area contributed by atoms with Gasteiger partial charge in [0.15, 0.2) is 18.5 Å². The van der Waals surface area contributed by atoms with Gasteiger partial charge in [-0.2, -0.15) is 0 Å². The van der Waals surface area contributed by atoms with Gasteiger partial charge in [-0.25, -0.2) is 9.59 Å². The lowest BCUT2D eigenvalue weighted by Crippen LogP contribution is -2.40. The van der Waals surface area contributed by atoms with Gasteiger partial charge in [-0.05, 0) is 24.3 Å². The van der Waals surface area contributed by atoms with Crippen molar-refractivity contribution in [3.05, 3.63) is 84.4 Å². The highest BCUT2D eigenvalue weighted by molar-refractivity contribution is 5.90. The molecule has 1 heterocycles. The van der Waals surface area contributed by atoms with Gasteiger partial charge in [-0.1, -0.05) is 42.5 Å². The first-order chi connectivity index (χ1) is 13.1. The van der Waals surface area contributed by atoms with Crippen LogP contribution in [0.1, 0.15) is 20.7 Å². The van der Waals surface area contributed by atoms with Crippen molar-refractivity contribution in [2.24, 2.45) is 0 Å². The Hall–Kier alpha value is -2.96. The smallest absolute Gasteiger partial charge is 0.338 e. The van der Waals surface area contributed by atoms with E-state index in [1.807, 2.05) is 0 Å². The summed E-state index contributed by atoms with van der Waals surface area (Å²) in [6, 6.07) is 17.1. The van der Waals surface area contributed by atoms with Crippen LogP contribution in [-0.2, 0) is 18.9 Å². The summed E-state index contributed by atoms with van der Waals surface area (Å²) in [5.41, 5.74) is 0.761. The third-order valence-corrected chi connectivity index (χ3v) is 4.18. The lowest BCUT2D eigenvalue weighted by Gasteiger charge is -2.23. The minimum absolute atomic E-state index is 0.377. The molecule has 3 rings (SSSR count). The topological polar surface area (TPSA) is 71.1 Å². The Morgan fingerprint density at radius 2 is 1.37 bits per heavy atom. The average molecular weight is 368 g/mol. The fourth-order valence-electron chi connectivity index (χ4n) is 2.82. The predicted octanol–water partition coefficient (Wildman–Crippen LogP) is 2.99. The molecule has 27 heavy (non-hydrogen) atoms. The molecule has 0 aliphatic carbocycles. The van der Waals surface area contributed by atoms with Crippen LogP contribution in [0.4, 0.5) is 0 Å². The standard InChI is InChI=1S/C21H20O6/c1-3-16-17(26-19(22)14-10-6-4-7-11-14)18(21(24-2)25-16)27-20(23)15-12-8-5-9-13-15/h3-13,16-18,21H,1H2,2H3/t16-,17-,18-,21?/m1/s1. The number of esters is 2. The molecule has 6 nitrogen and oxygen atoms in total. The number of rotatable bonds is 6. The van der Waals surface area contributed by atoms with Gasteiger partial charge in [-0.3, -0.25) is 0 Å². The molecule has 1 unspecified atom stereocenters. The number of carbonyl (C=O) groups excluding carboxylic acids is 2. The molecule has 0 amide bonds. The maximum absolute atomic E-state index is 12.5. The molecule has 1 saturated heterocycles. The lowest BCUT2D eigenvalue weighted by molar-refractivity contribution is -0.145. The monoisotopic (exact) mass is 368 g/mol. The highest BCUT2D eigenvalue weighted by atomic mass is 16.7. The van der Waals surface area contributed by atoms with Crippen LogP contribution in [0.3, 0.4) is 0 Å². The third kappa shape index (κ3) is 4.24. The van der Waals surface area contributed by atoms with Gasteiger partial charge in [0.25, 0.3) is 0 Å². The zero-order valence-electron chi connectivity index (χ0n) is 14.8. The molecule has 1 fully saturated rings. The molecule has 6 heteroatoms. The molecule has 0 radical (unpaired) electrons. The second kappa shape index (κ2) is 8.62. The van der Waals surface area contributed by atoms with E-state index in [2.05, 4.69) is 6.58 Å². The van der Waals surface area contributed by atoms with Gasteiger partial charge in [0.05, 0.1) is 11.1 Å². The number of ether oxygens (including phenoxy) is 4. The van der Waals surface area contributed by atoms with Crippen LogP contribution in [0, 0.1) is 0 Å². The summed E-state index contributed by atoms with van der Waals surface area (Å²) < 4.78 is 22.1. The van der Waals surface area contributed by atoms with Crippen molar-refractivity contribution in [3.8, 4) is 0 Å². The van der Waals surface area contributed by atoms with Crippen LogP contribution >= 0.6 is 0 Å². The van der Waals surface area contributed by atoms with Gasteiger partial charge in [-0.15, -0.1) is 6.58 Å². The van der Waals surface area contributed by atoms with Crippen LogP contribution in [-0.4, -0.2) is 43.7 Å². The molecule has 0 aromatic heterocycles. The Kier molecular flexibility index (Phi) is 6.01. The Balaban J connectivity index is 1.80. The van der Waals surface area contributed by atoms with Gasteiger partial charge < -0.3 is 18.9 Å². The minimum Gasteiger partial charge on any atom is -0.451 e. The average Bonchev–Trinajstić information content (AvgIpc) is 3.05. The van der Waals surface area contributed by atoms with Crippen molar-refractivity contribution < 1.29 is 28.5 Å². The first kappa shape index (κ1) is 18.8. The van der Waals surface area contributed by atoms with E-state index in [-0.39, 0.29) is 0 Å². The minimum atomic E-state index is -0.932. The highest BCUT2D eigenvalue weighted by Crippen LogP contribution is 2.29. The van der Waals surface area contributed by atoms with Crippen LogP contribution < -0.4 is 0 Å². The zero-order valence-corrected chi connectivity index (χ0v) is 14.8. The molecule has 1 aliphatic rings. The summed E-state index contributed by atoms with van der Waals surface area (Å²) in [5, 5.41) is 0. The van der Waals surface area contributed by atoms with Crippen LogP contribution in [0.15, 0.2) is 73.3 Å². The van der Waals surface area contributed by atoms with Crippen LogP contribution in [0.25, 0.3) is 0 Å². The van der Waals surface area contributed by atoms with E-state index < -0.39 is 36.5 Å². The third-order valence-electron chi connectivity index (χ3n) is 4.18. The molecular formula is C21H20O6. The maximum atomic E-state index is 12.5. The van der Waals surface area contributed by atoms with E-state index in [0.717, 1.165) is 0 Å². The van der Waals surface area contributed by atoms with E-state index in [0.29, 0.717) is 11.1 Å². The lowest BCUT2D eigenvalue weighted by atomic mass is 10.1. The Bertz CT molecular complexity index is 789. The fraction of sp³-hybridized carbons (Fsp3) is 0.238. The van der Waals surface area contributed by atoms with Crippen LogP contribution in [0.5, 0.6) is 0 Å². The first-order valence-electron chi connectivity index (χ1n) is 8.47. The Labute approximate surface area is 157 Å². The van der Waals surface area contributed by atoms with Crippen molar-refractivity contribution >= 4 is 11.9 Å². The quantitative estimate of drug-likeness (QED) is 0.577. The highest BCUT2D eigenvalue weighted by Gasteiger charge is 2.49. The van der Waals surface area contributed by atoms with E-state index in [4.69, 9.17) is 18.9 Å². The number of benzene rings is 2. The summed E-state index contributed by atoms with van der Waals surface area (Å²) in [6.07, 6.45) is -1.87. The summed E-state index contributed by atoms with van der Waals surface area (Å²) >= 11 is 0. The number of hydrogen-bond acceptors (Lipinski definition) is 6. The maximum Gasteiger partial charge on any atom is 0.338 e. The Morgan fingerprint density at radius 3 is 1.81 bits per heavy atom. The van der Waals surface area contributed by atoms with E-state index in [1.165, 1.54) is 13.2 Å². The zero-order chi connectivity index (χ0) is 19.2. The van der Waals surface area contributed by atoms with Gasteiger partial charge in [0, 0.05) is 7.11 Å². The molecule has 0 spiro atoms. The molecule has 4 atom stereocenters. The summed E-state index contributed by atoms with van der Waals surface area (Å²) in [5.74, 6) is -1.11. The molecule has 0 N–H and O–H groups in total. The number of methoxy groups -OCH3 is 1. The fourth-order valence-corrected chi connectivity index (χ4v) is 2.82. The van der Waals surface area contributed by atoms with Crippen molar-refractivity contribution in [1.29, 1.82) is 0 Å². The molecule has 0 saturated carbocycles. The van der Waals surface area contributed by atoms with Crippen molar-refractivity contribution in [1.82, 2.24) is 0 Å². The van der Waals surface area contributed by atoms with Crippen molar-refractivity contribution in [2.75, 3.05) is 7.11 Å². The molecule has 0 bridgehead atoms. The van der Waals surface area contributed by atoms with Crippen molar-refractivity contribution in [2.45, 2.75) is 24.6 Å². The molecule has 1 aliphatic heterocycles. The number of hydrogen-bond donors (Lipinski definition) is 0. The van der Waals surface area contributed by atoms with Gasteiger partial charge in [0.1, 0.15) is 6.10 Å². The molecule has 140 valence electrons. The largest absolute Gasteiger partial charge is 0.451 e. The van der Waals surface area contributed by atoms with E-state index in [1.54, 1.807) is 60.7 Å². The number of carbonyl (C=O) groups is 2. The van der Waals surface area contributed by atoms with Gasteiger partial charge >= 0.3 is 11.9 Å². The Morgan fingerprint density at radius 1 is 0.889 bits per heavy atom. The predicted molar refractivity (Wildman–Crippen MR) is 97.2 cm³/mol. The normalized spacial score (nSPS) is 24.2. The molecule has 2 aromatic carbocycles. The van der Waals surface area contributed by atoms with Crippen LogP contribution in [0.2, 0.25) is 0 Å². The second-order valence-corrected chi connectivity index (χ2v) is 5.91. The van der Waals surface area contributed by atoms with Gasteiger partial charge in [0.2, 0.25) is 0 Å². The summed E-state index contributed by atoms with van der Waals surface area (Å²) in [7, 11) is 1.43.